The molecule has 5 nitrogen and oxygen atoms in total. The SMILES string of the molecule is CC(C)N1CCCC1(C)C(=O)Cc1ccnc(C(C)(C)O)n1. The summed E-state index contributed by atoms with van der Waals surface area (Å²) in [7, 11) is 0. The summed E-state index contributed by atoms with van der Waals surface area (Å²) >= 11 is 0. The zero-order valence-corrected chi connectivity index (χ0v) is 14.3. The van der Waals surface area contributed by atoms with E-state index in [0.717, 1.165) is 19.4 Å². The van der Waals surface area contributed by atoms with Gasteiger partial charge in [0.05, 0.1) is 17.7 Å². The molecule has 0 amide bonds. The van der Waals surface area contributed by atoms with E-state index in [1.54, 1.807) is 26.1 Å². The van der Waals surface area contributed by atoms with Gasteiger partial charge in [0.15, 0.2) is 11.6 Å². The second kappa shape index (κ2) is 6.05. The maximum atomic E-state index is 12.8. The van der Waals surface area contributed by atoms with Crippen molar-refractivity contribution in [3.63, 3.8) is 0 Å². The Morgan fingerprint density at radius 1 is 1.50 bits per heavy atom. The number of aromatic nitrogens is 2. The summed E-state index contributed by atoms with van der Waals surface area (Å²) in [5.41, 5.74) is -0.831. The van der Waals surface area contributed by atoms with Crippen LogP contribution in [0.1, 0.15) is 59.0 Å². The first-order valence-corrected chi connectivity index (χ1v) is 7.99. The van der Waals surface area contributed by atoms with Crippen LogP contribution >= 0.6 is 0 Å². The fourth-order valence-electron chi connectivity index (χ4n) is 3.26. The van der Waals surface area contributed by atoms with Crippen molar-refractivity contribution in [2.45, 2.75) is 71.1 Å². The number of nitrogens with zero attached hydrogens (tertiary/aromatic N) is 3. The minimum atomic E-state index is -1.10. The molecule has 5 heteroatoms. The van der Waals surface area contributed by atoms with E-state index < -0.39 is 11.1 Å². The first kappa shape index (κ1) is 17.0. The summed E-state index contributed by atoms with van der Waals surface area (Å²) in [6, 6.07) is 2.11. The van der Waals surface area contributed by atoms with Crippen LogP contribution in [0.4, 0.5) is 0 Å². The topological polar surface area (TPSA) is 66.3 Å². The number of aliphatic hydroxyl groups is 1. The van der Waals surface area contributed by atoms with Crippen LogP contribution in [-0.2, 0) is 16.8 Å². The molecule has 1 saturated heterocycles. The number of hydrogen-bond acceptors (Lipinski definition) is 5. The second-order valence-corrected chi connectivity index (χ2v) is 7.20. The van der Waals surface area contributed by atoms with Crippen LogP contribution in [0.2, 0.25) is 0 Å². The zero-order valence-electron chi connectivity index (χ0n) is 14.3. The normalized spacial score (nSPS) is 23.2. The summed E-state index contributed by atoms with van der Waals surface area (Å²) in [6.45, 7) is 10.6. The van der Waals surface area contributed by atoms with Crippen molar-refractivity contribution in [1.82, 2.24) is 14.9 Å². The largest absolute Gasteiger partial charge is 0.382 e. The van der Waals surface area contributed by atoms with E-state index in [-0.39, 0.29) is 12.2 Å². The summed E-state index contributed by atoms with van der Waals surface area (Å²) in [6.07, 6.45) is 3.85. The van der Waals surface area contributed by atoms with Crippen molar-refractivity contribution in [1.29, 1.82) is 0 Å². The van der Waals surface area contributed by atoms with E-state index >= 15 is 0 Å². The number of Topliss-reactive ketones (excluding diaryl/α,β-unsaturated/α-hetero) is 1. The van der Waals surface area contributed by atoms with Gasteiger partial charge in [0.1, 0.15) is 5.60 Å². The Kier molecular flexibility index (Phi) is 4.68. The Morgan fingerprint density at radius 3 is 2.77 bits per heavy atom. The van der Waals surface area contributed by atoms with Gasteiger partial charge in [-0.3, -0.25) is 9.69 Å². The highest BCUT2D eigenvalue weighted by Crippen LogP contribution is 2.32. The minimum absolute atomic E-state index is 0.194. The van der Waals surface area contributed by atoms with Gasteiger partial charge in [0.2, 0.25) is 0 Å². The highest BCUT2D eigenvalue weighted by molar-refractivity contribution is 5.89. The van der Waals surface area contributed by atoms with Crippen LogP contribution in [-0.4, -0.2) is 43.9 Å². The molecule has 0 aromatic carbocycles. The molecule has 22 heavy (non-hydrogen) atoms. The minimum Gasteiger partial charge on any atom is -0.382 e. The first-order valence-electron chi connectivity index (χ1n) is 7.99. The summed E-state index contributed by atoms with van der Waals surface area (Å²) in [5, 5.41) is 10.0. The smallest absolute Gasteiger partial charge is 0.159 e. The monoisotopic (exact) mass is 305 g/mol. The molecule has 2 rings (SSSR count). The molecular weight excluding hydrogens is 278 g/mol. The average molecular weight is 305 g/mol. The highest BCUT2D eigenvalue weighted by Gasteiger charge is 2.43. The molecule has 1 aliphatic heterocycles. The van der Waals surface area contributed by atoms with Crippen molar-refractivity contribution < 1.29 is 9.90 Å². The molecule has 0 radical (unpaired) electrons. The van der Waals surface area contributed by atoms with Gasteiger partial charge < -0.3 is 5.11 Å². The first-order chi connectivity index (χ1) is 10.1. The lowest BCUT2D eigenvalue weighted by atomic mass is 9.89. The van der Waals surface area contributed by atoms with Crippen LogP contribution in [0, 0.1) is 0 Å². The van der Waals surface area contributed by atoms with Crippen molar-refractivity contribution in [3.05, 3.63) is 23.8 Å². The average Bonchev–Trinajstić information content (AvgIpc) is 2.82. The third-order valence-electron chi connectivity index (χ3n) is 4.52. The lowest BCUT2D eigenvalue weighted by molar-refractivity contribution is -0.129. The molecule has 1 fully saturated rings. The molecule has 2 heterocycles. The number of carbonyl (C=O) groups is 1. The molecule has 1 aromatic heterocycles. The quantitative estimate of drug-likeness (QED) is 0.902. The number of ketones is 1. The van der Waals surface area contributed by atoms with Gasteiger partial charge in [-0.1, -0.05) is 0 Å². The summed E-state index contributed by atoms with van der Waals surface area (Å²) < 4.78 is 0. The van der Waals surface area contributed by atoms with Crippen LogP contribution < -0.4 is 0 Å². The molecule has 0 bridgehead atoms. The van der Waals surface area contributed by atoms with Crippen LogP contribution in [0.25, 0.3) is 0 Å². The summed E-state index contributed by atoms with van der Waals surface area (Å²) in [4.78, 5) is 23.6. The van der Waals surface area contributed by atoms with Crippen LogP contribution in [0.5, 0.6) is 0 Å². The van der Waals surface area contributed by atoms with Crippen molar-refractivity contribution >= 4 is 5.78 Å². The molecule has 1 N–H and O–H groups in total. The predicted octanol–water partition coefficient (Wildman–Crippen LogP) is 2.08. The number of likely N-dealkylation sites (tertiary alicyclic amines) is 1. The van der Waals surface area contributed by atoms with Gasteiger partial charge in [0, 0.05) is 12.2 Å². The molecule has 0 saturated carbocycles. The van der Waals surface area contributed by atoms with E-state index in [1.807, 2.05) is 6.92 Å². The standard InChI is InChI=1S/C17H27N3O2/c1-12(2)20-10-6-8-17(20,5)14(21)11-13-7-9-18-15(19-13)16(3,4)22/h7,9,12,22H,6,8,10-11H2,1-5H3. The van der Waals surface area contributed by atoms with E-state index in [2.05, 4.69) is 28.7 Å². The van der Waals surface area contributed by atoms with Gasteiger partial charge in [-0.2, -0.15) is 0 Å². The fraction of sp³-hybridized carbons (Fsp3) is 0.706. The summed E-state index contributed by atoms with van der Waals surface area (Å²) in [5.74, 6) is 0.550. The fourth-order valence-corrected chi connectivity index (χ4v) is 3.26. The van der Waals surface area contributed by atoms with E-state index in [1.165, 1.54) is 0 Å². The molecule has 1 aromatic rings. The van der Waals surface area contributed by atoms with Gasteiger partial charge >= 0.3 is 0 Å². The lowest BCUT2D eigenvalue weighted by Crippen LogP contribution is -2.51. The number of hydrogen-bond donors (Lipinski definition) is 1. The maximum absolute atomic E-state index is 12.8. The van der Waals surface area contributed by atoms with Crippen LogP contribution in [0.3, 0.4) is 0 Å². The highest BCUT2D eigenvalue weighted by atomic mass is 16.3. The molecular formula is C17H27N3O2. The van der Waals surface area contributed by atoms with Crippen molar-refractivity contribution in [2.75, 3.05) is 6.54 Å². The van der Waals surface area contributed by atoms with Gasteiger partial charge in [-0.25, -0.2) is 9.97 Å². The molecule has 1 unspecified atom stereocenters. The van der Waals surface area contributed by atoms with Gasteiger partial charge in [0.25, 0.3) is 0 Å². The second-order valence-electron chi connectivity index (χ2n) is 7.20. The molecule has 0 spiro atoms. The lowest BCUT2D eigenvalue weighted by Gasteiger charge is -2.36. The molecule has 1 aliphatic rings. The number of rotatable bonds is 5. The van der Waals surface area contributed by atoms with Crippen LogP contribution in [0.15, 0.2) is 12.3 Å². The Bertz CT molecular complexity index is 551. The zero-order chi connectivity index (χ0) is 16.5. The third kappa shape index (κ3) is 3.36. The Hall–Kier alpha value is -1.33. The number of carbonyl (C=O) groups excluding carboxylic acids is 1. The van der Waals surface area contributed by atoms with E-state index in [4.69, 9.17) is 0 Å². The Morgan fingerprint density at radius 2 is 2.18 bits per heavy atom. The Balaban J connectivity index is 2.19. The predicted molar refractivity (Wildman–Crippen MR) is 85.5 cm³/mol. The van der Waals surface area contributed by atoms with E-state index in [9.17, 15) is 9.90 Å². The third-order valence-corrected chi connectivity index (χ3v) is 4.52. The van der Waals surface area contributed by atoms with Crippen molar-refractivity contribution in [3.8, 4) is 0 Å². The molecule has 1 atom stereocenters. The maximum Gasteiger partial charge on any atom is 0.159 e. The van der Waals surface area contributed by atoms with Gasteiger partial charge in [-0.05, 0) is 60.1 Å². The van der Waals surface area contributed by atoms with Gasteiger partial charge in [-0.15, -0.1) is 0 Å². The molecule has 0 aliphatic carbocycles. The van der Waals surface area contributed by atoms with E-state index in [0.29, 0.717) is 17.6 Å². The molecule has 122 valence electrons. The van der Waals surface area contributed by atoms with Crippen molar-refractivity contribution in [2.24, 2.45) is 0 Å². The Labute approximate surface area is 132 Å².